The Balaban J connectivity index is 1.04. The van der Waals surface area contributed by atoms with Crippen molar-refractivity contribution in [3.63, 3.8) is 0 Å². The molecule has 3 heterocycles. The number of carbonyl (C=O) groups excluding carboxylic acids is 1. The molecule has 1 aromatic carbocycles. The third-order valence-corrected chi connectivity index (χ3v) is 10.3. The molecule has 0 N–H and O–H groups in total. The Morgan fingerprint density at radius 1 is 0.727 bits per heavy atom. The molecule has 180 valence electrons. The summed E-state index contributed by atoms with van der Waals surface area (Å²) in [6.45, 7) is 5.97. The molecule has 1 amide bonds. The summed E-state index contributed by atoms with van der Waals surface area (Å²) in [5, 5.41) is 0. The fourth-order valence-electron chi connectivity index (χ4n) is 7.71. The number of hydrogen-bond donors (Lipinski definition) is 0. The van der Waals surface area contributed by atoms with Crippen LogP contribution in [0.1, 0.15) is 93.8 Å². The average Bonchev–Trinajstić information content (AvgIpc) is 2.84. The van der Waals surface area contributed by atoms with E-state index < -0.39 is 0 Å². The monoisotopic (exact) mass is 449 g/mol. The topological polar surface area (TPSA) is 26.8 Å². The van der Waals surface area contributed by atoms with Crippen LogP contribution < -0.4 is 4.90 Å². The van der Waals surface area contributed by atoms with Gasteiger partial charge in [-0.2, -0.15) is 0 Å². The van der Waals surface area contributed by atoms with Crippen LogP contribution in [0.15, 0.2) is 24.3 Å². The van der Waals surface area contributed by atoms with Crippen molar-refractivity contribution in [2.45, 2.75) is 95.6 Å². The van der Waals surface area contributed by atoms with E-state index in [1.54, 1.807) is 0 Å². The van der Waals surface area contributed by atoms with Crippen LogP contribution in [0.3, 0.4) is 0 Å². The summed E-state index contributed by atoms with van der Waals surface area (Å²) in [5.41, 5.74) is 2.79. The Morgan fingerprint density at radius 3 is 2.09 bits per heavy atom. The highest BCUT2D eigenvalue weighted by molar-refractivity contribution is 5.95. The van der Waals surface area contributed by atoms with Gasteiger partial charge < -0.3 is 14.7 Å². The first-order valence-corrected chi connectivity index (χ1v) is 14.1. The highest BCUT2D eigenvalue weighted by atomic mass is 16.2. The Morgan fingerprint density at radius 2 is 1.39 bits per heavy atom. The number of fused-ring (bicyclic) bond motifs is 1. The van der Waals surface area contributed by atoms with Crippen molar-refractivity contribution in [1.29, 1.82) is 0 Å². The van der Waals surface area contributed by atoms with E-state index >= 15 is 0 Å². The number of amides is 1. The zero-order valence-corrected chi connectivity index (χ0v) is 20.5. The second kappa shape index (κ2) is 9.24. The maximum atomic E-state index is 13.4. The SMILES string of the molecule is O=C(c1ccc(N2CCC3(CC2)CCN(C2CCC2)CC3)cc1)N1CCCC2CCCCC21. The van der Waals surface area contributed by atoms with E-state index in [-0.39, 0.29) is 5.91 Å². The fourth-order valence-corrected chi connectivity index (χ4v) is 7.71. The van der Waals surface area contributed by atoms with Gasteiger partial charge in [-0.05, 0) is 113 Å². The minimum Gasteiger partial charge on any atom is -0.371 e. The Labute approximate surface area is 200 Å². The average molecular weight is 450 g/mol. The van der Waals surface area contributed by atoms with Crippen LogP contribution in [0, 0.1) is 11.3 Å². The molecular formula is C29H43N3O. The first-order valence-electron chi connectivity index (χ1n) is 14.1. The van der Waals surface area contributed by atoms with Crippen molar-refractivity contribution in [1.82, 2.24) is 9.80 Å². The fraction of sp³-hybridized carbons (Fsp3) is 0.759. The number of piperidine rings is 3. The molecule has 0 aromatic heterocycles. The van der Waals surface area contributed by atoms with Crippen molar-refractivity contribution in [3.8, 4) is 0 Å². The van der Waals surface area contributed by atoms with E-state index in [2.05, 4.69) is 39.0 Å². The normalized spacial score (nSPS) is 30.7. The highest BCUT2D eigenvalue weighted by Gasteiger charge is 2.40. The van der Waals surface area contributed by atoms with Crippen molar-refractivity contribution in [2.24, 2.45) is 11.3 Å². The van der Waals surface area contributed by atoms with Gasteiger partial charge in [0.1, 0.15) is 0 Å². The molecular weight excluding hydrogens is 406 g/mol. The van der Waals surface area contributed by atoms with Gasteiger partial charge >= 0.3 is 0 Å². The molecule has 1 aromatic rings. The Bertz CT molecular complexity index is 812. The standard InChI is InChI=1S/C29H43N3O/c33-28(32-18-4-6-23-5-1-2-9-27(23)32)24-10-12-26(13-11-24)31-21-16-29(17-22-31)14-19-30(20-15-29)25-7-3-8-25/h10-13,23,25,27H,1-9,14-22H2. The van der Waals surface area contributed by atoms with Crippen LogP contribution in [-0.4, -0.2) is 60.5 Å². The minimum atomic E-state index is 0.272. The summed E-state index contributed by atoms with van der Waals surface area (Å²) < 4.78 is 0. The van der Waals surface area contributed by atoms with Gasteiger partial charge in [0.2, 0.25) is 0 Å². The van der Waals surface area contributed by atoms with Gasteiger partial charge in [0.05, 0.1) is 0 Å². The molecule has 1 spiro atoms. The van der Waals surface area contributed by atoms with Gasteiger partial charge in [-0.3, -0.25) is 4.79 Å². The van der Waals surface area contributed by atoms with Crippen molar-refractivity contribution in [3.05, 3.63) is 29.8 Å². The molecule has 0 radical (unpaired) electrons. The van der Waals surface area contributed by atoms with E-state index in [1.165, 1.54) is 115 Å². The Kier molecular flexibility index (Phi) is 6.15. The predicted octanol–water partition coefficient (Wildman–Crippen LogP) is 5.72. The molecule has 5 fully saturated rings. The van der Waals surface area contributed by atoms with E-state index in [0.29, 0.717) is 11.5 Å². The second-order valence-corrected chi connectivity index (χ2v) is 11.9. The van der Waals surface area contributed by atoms with E-state index in [1.807, 2.05) is 0 Å². The van der Waals surface area contributed by atoms with Crippen molar-refractivity contribution < 1.29 is 4.79 Å². The molecule has 33 heavy (non-hydrogen) atoms. The van der Waals surface area contributed by atoms with Gasteiger partial charge in [0, 0.05) is 43.0 Å². The molecule has 5 aliphatic rings. The lowest BCUT2D eigenvalue weighted by Gasteiger charge is -2.50. The van der Waals surface area contributed by atoms with Crippen LogP contribution in [0.2, 0.25) is 0 Å². The second-order valence-electron chi connectivity index (χ2n) is 11.9. The summed E-state index contributed by atoms with van der Waals surface area (Å²) in [6.07, 6.45) is 17.5. The molecule has 3 aliphatic heterocycles. The molecule has 4 nitrogen and oxygen atoms in total. The van der Waals surface area contributed by atoms with Crippen LogP contribution in [-0.2, 0) is 0 Å². The zero-order chi connectivity index (χ0) is 22.3. The zero-order valence-electron chi connectivity index (χ0n) is 20.5. The van der Waals surface area contributed by atoms with Gasteiger partial charge in [-0.1, -0.05) is 19.3 Å². The minimum absolute atomic E-state index is 0.272. The lowest BCUT2D eigenvalue weighted by atomic mass is 9.70. The summed E-state index contributed by atoms with van der Waals surface area (Å²) in [4.78, 5) is 20.9. The summed E-state index contributed by atoms with van der Waals surface area (Å²) >= 11 is 0. The lowest BCUT2D eigenvalue weighted by molar-refractivity contribution is 0.0306. The van der Waals surface area contributed by atoms with Crippen molar-refractivity contribution >= 4 is 11.6 Å². The van der Waals surface area contributed by atoms with Crippen molar-refractivity contribution in [2.75, 3.05) is 37.6 Å². The third kappa shape index (κ3) is 4.33. The smallest absolute Gasteiger partial charge is 0.254 e. The number of hydrogen-bond acceptors (Lipinski definition) is 3. The largest absolute Gasteiger partial charge is 0.371 e. The van der Waals surface area contributed by atoms with Gasteiger partial charge in [0.25, 0.3) is 5.91 Å². The maximum Gasteiger partial charge on any atom is 0.254 e. The maximum absolute atomic E-state index is 13.4. The summed E-state index contributed by atoms with van der Waals surface area (Å²) in [6, 6.07) is 10.0. The lowest BCUT2D eigenvalue weighted by Crippen LogP contribution is -2.50. The molecule has 2 atom stereocenters. The predicted molar refractivity (Wildman–Crippen MR) is 135 cm³/mol. The number of likely N-dealkylation sites (tertiary alicyclic amines) is 2. The number of carbonyl (C=O) groups is 1. The molecule has 4 heteroatoms. The van der Waals surface area contributed by atoms with Crippen LogP contribution in [0.5, 0.6) is 0 Å². The first kappa shape index (κ1) is 21.9. The van der Waals surface area contributed by atoms with Gasteiger partial charge in [-0.25, -0.2) is 0 Å². The first-order chi connectivity index (χ1) is 16.2. The van der Waals surface area contributed by atoms with Crippen LogP contribution >= 0.6 is 0 Å². The summed E-state index contributed by atoms with van der Waals surface area (Å²) in [5.74, 6) is 1.02. The van der Waals surface area contributed by atoms with Crippen LogP contribution in [0.4, 0.5) is 5.69 Å². The molecule has 2 saturated carbocycles. The Hall–Kier alpha value is -1.55. The highest BCUT2D eigenvalue weighted by Crippen LogP contribution is 2.44. The van der Waals surface area contributed by atoms with Gasteiger partial charge in [0.15, 0.2) is 0 Å². The molecule has 6 rings (SSSR count). The number of nitrogens with zero attached hydrogens (tertiary/aromatic N) is 3. The van der Waals surface area contributed by atoms with E-state index in [9.17, 15) is 4.79 Å². The molecule has 2 aliphatic carbocycles. The van der Waals surface area contributed by atoms with E-state index in [4.69, 9.17) is 0 Å². The number of benzene rings is 1. The molecule has 3 saturated heterocycles. The molecule has 0 bridgehead atoms. The number of rotatable bonds is 3. The van der Waals surface area contributed by atoms with Gasteiger partial charge in [-0.15, -0.1) is 0 Å². The van der Waals surface area contributed by atoms with Crippen LogP contribution in [0.25, 0.3) is 0 Å². The third-order valence-electron chi connectivity index (χ3n) is 10.3. The quantitative estimate of drug-likeness (QED) is 0.591. The van der Waals surface area contributed by atoms with E-state index in [0.717, 1.165) is 24.1 Å². The number of anilines is 1. The molecule has 2 unspecified atom stereocenters. The summed E-state index contributed by atoms with van der Waals surface area (Å²) in [7, 11) is 0.